The van der Waals surface area contributed by atoms with E-state index in [0.717, 1.165) is 22.1 Å². The number of nitrogens with one attached hydrogen (secondary N) is 1. The predicted molar refractivity (Wildman–Crippen MR) is 129 cm³/mol. The number of hydrogen-bond donors (Lipinski definition) is 1. The molecule has 4 aromatic rings. The Morgan fingerprint density at radius 1 is 0.758 bits per heavy atom. The summed E-state index contributed by atoms with van der Waals surface area (Å²) in [5.74, 6) is 2.30. The number of carbonyl (C=O) groups is 1. The SMILES string of the molecule is COc1ccc(NC(=O)c2ccc(OC)c(COc3cccc4ccccc34)c2)c(OC)c1. The zero-order valence-corrected chi connectivity index (χ0v) is 18.8. The first kappa shape index (κ1) is 22.0. The van der Waals surface area contributed by atoms with Crippen LogP contribution in [0.4, 0.5) is 5.69 Å². The zero-order valence-electron chi connectivity index (χ0n) is 18.8. The van der Waals surface area contributed by atoms with E-state index in [4.69, 9.17) is 18.9 Å². The van der Waals surface area contributed by atoms with Crippen LogP contribution in [0.3, 0.4) is 0 Å². The van der Waals surface area contributed by atoms with Crippen LogP contribution in [0.1, 0.15) is 15.9 Å². The van der Waals surface area contributed by atoms with Gasteiger partial charge in [0.25, 0.3) is 5.91 Å². The first-order valence-corrected chi connectivity index (χ1v) is 10.4. The smallest absolute Gasteiger partial charge is 0.255 e. The topological polar surface area (TPSA) is 66.0 Å². The van der Waals surface area contributed by atoms with E-state index < -0.39 is 0 Å². The molecule has 0 saturated heterocycles. The summed E-state index contributed by atoms with van der Waals surface area (Å²) >= 11 is 0. The van der Waals surface area contributed by atoms with Gasteiger partial charge in [-0.05, 0) is 41.8 Å². The molecular formula is C27H25NO5. The van der Waals surface area contributed by atoms with E-state index in [2.05, 4.69) is 5.32 Å². The summed E-state index contributed by atoms with van der Waals surface area (Å²) in [6, 6.07) is 24.4. The molecule has 33 heavy (non-hydrogen) atoms. The highest BCUT2D eigenvalue weighted by atomic mass is 16.5. The molecule has 0 heterocycles. The van der Waals surface area contributed by atoms with Crippen LogP contribution in [0, 0.1) is 0 Å². The maximum absolute atomic E-state index is 13.0. The van der Waals surface area contributed by atoms with Gasteiger partial charge in [-0.3, -0.25) is 4.79 Å². The molecule has 0 fully saturated rings. The third-order valence-electron chi connectivity index (χ3n) is 5.33. The van der Waals surface area contributed by atoms with Crippen molar-refractivity contribution in [2.75, 3.05) is 26.6 Å². The van der Waals surface area contributed by atoms with Gasteiger partial charge in [-0.2, -0.15) is 0 Å². The van der Waals surface area contributed by atoms with E-state index in [0.29, 0.717) is 28.5 Å². The van der Waals surface area contributed by atoms with E-state index in [9.17, 15) is 4.79 Å². The molecule has 0 atom stereocenters. The standard InChI is InChI=1S/C27H25NO5/c1-30-21-12-13-23(26(16-21)32-3)28-27(29)19-11-14-24(31-2)20(15-19)17-33-25-10-6-8-18-7-4-5-9-22(18)25/h4-16H,17H2,1-3H3,(H,28,29). The number of benzene rings is 4. The van der Waals surface area contributed by atoms with Crippen molar-refractivity contribution in [1.29, 1.82) is 0 Å². The fourth-order valence-corrected chi connectivity index (χ4v) is 3.61. The molecule has 0 aromatic heterocycles. The summed E-state index contributed by atoms with van der Waals surface area (Å²) in [5.41, 5.74) is 1.79. The lowest BCUT2D eigenvalue weighted by molar-refractivity contribution is 0.102. The van der Waals surface area contributed by atoms with Crippen LogP contribution in [0.25, 0.3) is 10.8 Å². The largest absolute Gasteiger partial charge is 0.497 e. The van der Waals surface area contributed by atoms with Gasteiger partial charge in [-0.15, -0.1) is 0 Å². The summed E-state index contributed by atoms with van der Waals surface area (Å²) in [7, 11) is 4.71. The van der Waals surface area contributed by atoms with Crippen molar-refractivity contribution >= 4 is 22.4 Å². The molecule has 0 aliphatic carbocycles. The van der Waals surface area contributed by atoms with E-state index in [-0.39, 0.29) is 12.5 Å². The lowest BCUT2D eigenvalue weighted by atomic mass is 10.1. The maximum atomic E-state index is 13.0. The normalized spacial score (nSPS) is 10.5. The minimum atomic E-state index is -0.271. The van der Waals surface area contributed by atoms with Gasteiger partial charge in [-0.25, -0.2) is 0 Å². The van der Waals surface area contributed by atoms with Crippen molar-refractivity contribution in [3.8, 4) is 23.0 Å². The van der Waals surface area contributed by atoms with Crippen LogP contribution in [0.5, 0.6) is 23.0 Å². The van der Waals surface area contributed by atoms with Crippen molar-refractivity contribution in [2.45, 2.75) is 6.61 Å². The first-order valence-electron chi connectivity index (χ1n) is 10.4. The van der Waals surface area contributed by atoms with Gasteiger partial charge >= 0.3 is 0 Å². The van der Waals surface area contributed by atoms with Crippen LogP contribution < -0.4 is 24.3 Å². The molecule has 4 aromatic carbocycles. The highest BCUT2D eigenvalue weighted by Gasteiger charge is 2.14. The van der Waals surface area contributed by atoms with E-state index in [1.54, 1.807) is 57.7 Å². The Bertz CT molecular complexity index is 1280. The molecule has 4 rings (SSSR count). The fourth-order valence-electron chi connectivity index (χ4n) is 3.61. The van der Waals surface area contributed by atoms with E-state index in [1.807, 2.05) is 42.5 Å². The molecule has 0 aliphatic rings. The Labute approximate surface area is 192 Å². The van der Waals surface area contributed by atoms with Crippen LogP contribution in [0.15, 0.2) is 78.9 Å². The second kappa shape index (κ2) is 9.96. The van der Waals surface area contributed by atoms with Crippen molar-refractivity contribution in [2.24, 2.45) is 0 Å². The molecule has 0 bridgehead atoms. The highest BCUT2D eigenvalue weighted by molar-refractivity contribution is 6.05. The highest BCUT2D eigenvalue weighted by Crippen LogP contribution is 2.31. The maximum Gasteiger partial charge on any atom is 0.255 e. The molecule has 0 aliphatic heterocycles. The molecule has 0 spiro atoms. The number of hydrogen-bond acceptors (Lipinski definition) is 5. The Balaban J connectivity index is 1.56. The Morgan fingerprint density at radius 3 is 2.33 bits per heavy atom. The lowest BCUT2D eigenvalue weighted by Gasteiger charge is -2.14. The molecular weight excluding hydrogens is 418 g/mol. The minimum Gasteiger partial charge on any atom is -0.497 e. The summed E-state index contributed by atoms with van der Waals surface area (Å²) in [5, 5.41) is 5.02. The second-order valence-electron chi connectivity index (χ2n) is 7.31. The molecule has 6 nitrogen and oxygen atoms in total. The zero-order chi connectivity index (χ0) is 23.2. The quantitative estimate of drug-likeness (QED) is 0.379. The number of carbonyl (C=O) groups excluding carboxylic acids is 1. The summed E-state index contributed by atoms with van der Waals surface area (Å²) in [6.07, 6.45) is 0. The third-order valence-corrected chi connectivity index (χ3v) is 5.33. The minimum absolute atomic E-state index is 0.254. The molecule has 0 radical (unpaired) electrons. The molecule has 6 heteroatoms. The van der Waals surface area contributed by atoms with Gasteiger partial charge in [0.15, 0.2) is 0 Å². The summed E-state index contributed by atoms with van der Waals surface area (Å²) < 4.78 is 22.2. The Hall–Kier alpha value is -4.19. The van der Waals surface area contributed by atoms with E-state index >= 15 is 0 Å². The Morgan fingerprint density at radius 2 is 1.55 bits per heavy atom. The number of ether oxygens (including phenoxy) is 4. The number of methoxy groups -OCH3 is 3. The van der Waals surface area contributed by atoms with Crippen LogP contribution in [0.2, 0.25) is 0 Å². The fraction of sp³-hybridized carbons (Fsp3) is 0.148. The van der Waals surface area contributed by atoms with Gasteiger partial charge in [0.2, 0.25) is 0 Å². The van der Waals surface area contributed by atoms with Gasteiger partial charge in [0.1, 0.15) is 29.6 Å². The van der Waals surface area contributed by atoms with Crippen LogP contribution >= 0.6 is 0 Å². The summed E-state index contributed by atoms with van der Waals surface area (Å²) in [4.78, 5) is 13.0. The molecule has 1 amide bonds. The molecule has 1 N–H and O–H groups in total. The van der Waals surface area contributed by atoms with Gasteiger partial charge in [-0.1, -0.05) is 36.4 Å². The van der Waals surface area contributed by atoms with Gasteiger partial charge in [0, 0.05) is 22.6 Å². The first-order chi connectivity index (χ1) is 16.1. The number of amides is 1. The average molecular weight is 443 g/mol. The number of rotatable bonds is 8. The van der Waals surface area contributed by atoms with E-state index in [1.165, 1.54) is 0 Å². The van der Waals surface area contributed by atoms with Crippen molar-refractivity contribution in [1.82, 2.24) is 0 Å². The van der Waals surface area contributed by atoms with Crippen molar-refractivity contribution in [3.63, 3.8) is 0 Å². The van der Waals surface area contributed by atoms with Crippen molar-refractivity contribution < 1.29 is 23.7 Å². The number of fused-ring (bicyclic) bond motifs is 1. The van der Waals surface area contributed by atoms with Crippen LogP contribution in [-0.4, -0.2) is 27.2 Å². The van der Waals surface area contributed by atoms with Gasteiger partial charge < -0.3 is 24.3 Å². The third kappa shape index (κ3) is 4.85. The molecule has 0 saturated carbocycles. The van der Waals surface area contributed by atoms with Gasteiger partial charge in [0.05, 0.1) is 27.0 Å². The molecule has 168 valence electrons. The predicted octanol–water partition coefficient (Wildman–Crippen LogP) is 5.70. The average Bonchev–Trinajstić information content (AvgIpc) is 2.87. The van der Waals surface area contributed by atoms with Crippen LogP contribution in [-0.2, 0) is 6.61 Å². The lowest BCUT2D eigenvalue weighted by Crippen LogP contribution is -2.13. The summed E-state index contributed by atoms with van der Waals surface area (Å²) in [6.45, 7) is 0.254. The Kier molecular flexibility index (Phi) is 6.64. The van der Waals surface area contributed by atoms with Crippen molar-refractivity contribution in [3.05, 3.63) is 90.0 Å². The number of anilines is 1. The molecule has 0 unspecified atom stereocenters. The monoisotopic (exact) mass is 443 g/mol. The second-order valence-corrected chi connectivity index (χ2v) is 7.31.